The zero-order chi connectivity index (χ0) is 17.5. The minimum absolute atomic E-state index is 0.00294. The second kappa shape index (κ2) is 8.33. The summed E-state index contributed by atoms with van der Waals surface area (Å²) in [4.78, 5) is 26.5. The van der Waals surface area contributed by atoms with Crippen molar-refractivity contribution in [3.8, 4) is 5.75 Å². The molecule has 1 aliphatic heterocycles. The van der Waals surface area contributed by atoms with E-state index in [-0.39, 0.29) is 24.3 Å². The van der Waals surface area contributed by atoms with Gasteiger partial charge in [0.2, 0.25) is 5.91 Å². The smallest absolute Gasteiger partial charge is 0.260 e. The molecule has 0 spiro atoms. The van der Waals surface area contributed by atoms with Crippen molar-refractivity contribution in [1.82, 2.24) is 4.90 Å². The number of para-hydroxylation sites is 2. The van der Waals surface area contributed by atoms with Crippen LogP contribution in [0.5, 0.6) is 5.75 Å². The van der Waals surface area contributed by atoms with Crippen molar-refractivity contribution in [1.29, 1.82) is 0 Å². The molecule has 0 saturated carbocycles. The van der Waals surface area contributed by atoms with E-state index in [1.165, 1.54) is 0 Å². The molecule has 2 amide bonds. The number of nitrogens with one attached hydrogen (secondary N) is 1. The van der Waals surface area contributed by atoms with Crippen LogP contribution in [0.3, 0.4) is 0 Å². The minimum Gasteiger partial charge on any atom is -0.484 e. The fourth-order valence-corrected chi connectivity index (χ4v) is 2.94. The Balaban J connectivity index is 1.51. The van der Waals surface area contributed by atoms with Gasteiger partial charge >= 0.3 is 0 Å². The summed E-state index contributed by atoms with van der Waals surface area (Å²) in [5.74, 6) is 0.370. The first kappa shape index (κ1) is 17.0. The first-order chi connectivity index (χ1) is 12.2. The third-order valence-corrected chi connectivity index (χ3v) is 4.29. The van der Waals surface area contributed by atoms with Crippen LogP contribution in [-0.2, 0) is 9.59 Å². The summed E-state index contributed by atoms with van der Waals surface area (Å²) in [5, 5.41) is 2.92. The number of carbonyl (C=O) groups is 2. The van der Waals surface area contributed by atoms with Gasteiger partial charge in [-0.1, -0.05) is 36.4 Å². The molecule has 0 unspecified atom stereocenters. The molecule has 1 atom stereocenters. The Kier molecular flexibility index (Phi) is 5.67. The monoisotopic (exact) mass is 338 g/mol. The summed E-state index contributed by atoms with van der Waals surface area (Å²) in [6.07, 6.45) is 1.62. The highest BCUT2D eigenvalue weighted by Gasteiger charge is 2.28. The molecular weight excluding hydrogens is 316 g/mol. The summed E-state index contributed by atoms with van der Waals surface area (Å²) < 4.78 is 5.52. The van der Waals surface area contributed by atoms with Gasteiger partial charge in [0.1, 0.15) is 5.75 Å². The third-order valence-electron chi connectivity index (χ3n) is 4.29. The van der Waals surface area contributed by atoms with Crippen molar-refractivity contribution in [3.63, 3.8) is 0 Å². The molecule has 1 fully saturated rings. The van der Waals surface area contributed by atoms with E-state index in [2.05, 4.69) is 5.32 Å². The Hall–Kier alpha value is -2.82. The van der Waals surface area contributed by atoms with Gasteiger partial charge in [-0.25, -0.2) is 0 Å². The Bertz CT molecular complexity index is 703. The number of nitrogens with zero attached hydrogens (tertiary/aromatic N) is 1. The maximum Gasteiger partial charge on any atom is 0.260 e. The SMILES string of the molecule is O=C(Nc1ccccc1)[C@@H]1CCCN(C(=O)COc2ccccc2)C1. The van der Waals surface area contributed by atoms with Gasteiger partial charge in [-0.2, -0.15) is 0 Å². The minimum atomic E-state index is -0.186. The van der Waals surface area contributed by atoms with Gasteiger partial charge in [0.15, 0.2) is 6.61 Å². The lowest BCUT2D eigenvalue weighted by molar-refractivity contribution is -0.136. The normalized spacial score (nSPS) is 17.0. The second-order valence-electron chi connectivity index (χ2n) is 6.14. The molecule has 3 rings (SSSR count). The van der Waals surface area contributed by atoms with Crippen LogP contribution < -0.4 is 10.1 Å². The van der Waals surface area contributed by atoms with Crippen molar-refractivity contribution in [2.24, 2.45) is 5.92 Å². The molecule has 2 aromatic carbocycles. The van der Waals surface area contributed by atoms with Crippen molar-refractivity contribution >= 4 is 17.5 Å². The van der Waals surface area contributed by atoms with Crippen LogP contribution in [0.2, 0.25) is 0 Å². The van der Waals surface area contributed by atoms with Crippen LogP contribution in [-0.4, -0.2) is 36.4 Å². The van der Waals surface area contributed by atoms with Crippen LogP contribution in [0.25, 0.3) is 0 Å². The molecule has 0 aliphatic carbocycles. The molecule has 0 radical (unpaired) electrons. The van der Waals surface area contributed by atoms with Gasteiger partial charge in [-0.3, -0.25) is 9.59 Å². The van der Waals surface area contributed by atoms with E-state index in [0.717, 1.165) is 18.5 Å². The van der Waals surface area contributed by atoms with Crippen LogP contribution >= 0.6 is 0 Å². The standard InChI is InChI=1S/C20H22N2O3/c23-19(15-25-18-11-5-2-6-12-18)22-13-7-8-16(14-22)20(24)21-17-9-3-1-4-10-17/h1-6,9-12,16H,7-8,13-15H2,(H,21,24)/t16-/m1/s1. The van der Waals surface area contributed by atoms with Crippen molar-refractivity contribution in [3.05, 3.63) is 60.7 Å². The topological polar surface area (TPSA) is 58.6 Å². The number of piperidine rings is 1. The molecule has 130 valence electrons. The van der Waals surface area contributed by atoms with E-state index in [0.29, 0.717) is 18.8 Å². The van der Waals surface area contributed by atoms with Crippen LogP contribution in [0.4, 0.5) is 5.69 Å². The van der Waals surface area contributed by atoms with E-state index in [1.807, 2.05) is 60.7 Å². The summed E-state index contributed by atoms with van der Waals surface area (Å²) >= 11 is 0. The van der Waals surface area contributed by atoms with Crippen molar-refractivity contribution in [2.75, 3.05) is 25.0 Å². The Morgan fingerprint density at radius 1 is 1.04 bits per heavy atom. The number of anilines is 1. The molecule has 0 bridgehead atoms. The zero-order valence-electron chi connectivity index (χ0n) is 14.1. The Morgan fingerprint density at radius 2 is 1.72 bits per heavy atom. The molecule has 1 saturated heterocycles. The number of likely N-dealkylation sites (tertiary alicyclic amines) is 1. The molecule has 0 aromatic heterocycles. The number of benzene rings is 2. The van der Waals surface area contributed by atoms with E-state index in [9.17, 15) is 9.59 Å². The second-order valence-corrected chi connectivity index (χ2v) is 6.14. The first-order valence-electron chi connectivity index (χ1n) is 8.54. The first-order valence-corrected chi connectivity index (χ1v) is 8.54. The lowest BCUT2D eigenvalue weighted by Crippen LogP contribution is -2.45. The van der Waals surface area contributed by atoms with E-state index in [4.69, 9.17) is 4.74 Å². The maximum absolute atomic E-state index is 12.4. The average Bonchev–Trinajstić information content (AvgIpc) is 2.68. The van der Waals surface area contributed by atoms with E-state index >= 15 is 0 Å². The van der Waals surface area contributed by atoms with Gasteiger partial charge in [-0.15, -0.1) is 0 Å². The van der Waals surface area contributed by atoms with E-state index < -0.39 is 0 Å². The summed E-state index contributed by atoms with van der Waals surface area (Å²) in [6, 6.07) is 18.7. The molecule has 1 aliphatic rings. The predicted molar refractivity (Wildman–Crippen MR) is 96.3 cm³/mol. The molecule has 2 aromatic rings. The van der Waals surface area contributed by atoms with Crippen molar-refractivity contribution in [2.45, 2.75) is 12.8 Å². The van der Waals surface area contributed by atoms with Gasteiger partial charge in [0.05, 0.1) is 5.92 Å². The third kappa shape index (κ3) is 4.83. The largest absolute Gasteiger partial charge is 0.484 e. The molecule has 1 heterocycles. The lowest BCUT2D eigenvalue weighted by Gasteiger charge is -2.32. The quantitative estimate of drug-likeness (QED) is 0.912. The highest BCUT2D eigenvalue weighted by Crippen LogP contribution is 2.19. The zero-order valence-corrected chi connectivity index (χ0v) is 14.1. The Labute approximate surface area is 147 Å². The van der Waals surface area contributed by atoms with Crippen LogP contribution in [0.15, 0.2) is 60.7 Å². The van der Waals surface area contributed by atoms with Gasteiger partial charge in [0.25, 0.3) is 5.91 Å². The number of carbonyl (C=O) groups excluding carboxylic acids is 2. The lowest BCUT2D eigenvalue weighted by atomic mass is 9.97. The van der Waals surface area contributed by atoms with Gasteiger partial charge in [-0.05, 0) is 37.1 Å². The molecule has 25 heavy (non-hydrogen) atoms. The molecule has 1 N–H and O–H groups in total. The number of ether oxygens (including phenoxy) is 1. The average molecular weight is 338 g/mol. The van der Waals surface area contributed by atoms with Crippen LogP contribution in [0.1, 0.15) is 12.8 Å². The van der Waals surface area contributed by atoms with E-state index in [1.54, 1.807) is 4.90 Å². The highest BCUT2D eigenvalue weighted by molar-refractivity contribution is 5.93. The summed E-state index contributed by atoms with van der Waals surface area (Å²) in [7, 11) is 0. The number of rotatable bonds is 5. The number of hydrogen-bond acceptors (Lipinski definition) is 3. The fourth-order valence-electron chi connectivity index (χ4n) is 2.94. The van der Waals surface area contributed by atoms with Gasteiger partial charge < -0.3 is 15.0 Å². The molecule has 5 nitrogen and oxygen atoms in total. The fraction of sp³-hybridized carbons (Fsp3) is 0.300. The van der Waals surface area contributed by atoms with Crippen molar-refractivity contribution < 1.29 is 14.3 Å². The maximum atomic E-state index is 12.4. The number of hydrogen-bond donors (Lipinski definition) is 1. The van der Waals surface area contributed by atoms with Gasteiger partial charge in [0, 0.05) is 18.8 Å². The summed E-state index contributed by atoms with van der Waals surface area (Å²) in [5.41, 5.74) is 0.781. The predicted octanol–water partition coefficient (Wildman–Crippen LogP) is 2.94. The Morgan fingerprint density at radius 3 is 2.44 bits per heavy atom. The van der Waals surface area contributed by atoms with Crippen LogP contribution in [0, 0.1) is 5.92 Å². The number of amides is 2. The molecular formula is C20H22N2O3. The summed E-state index contributed by atoms with van der Waals surface area (Å²) in [6.45, 7) is 1.11. The highest BCUT2D eigenvalue weighted by atomic mass is 16.5. The molecule has 5 heteroatoms.